The number of nitro groups is 1. The van der Waals surface area contributed by atoms with E-state index in [1.807, 2.05) is 6.92 Å². The van der Waals surface area contributed by atoms with Crippen LogP contribution in [-0.2, 0) is 16.1 Å². The van der Waals surface area contributed by atoms with Crippen molar-refractivity contribution in [2.45, 2.75) is 33.2 Å². The van der Waals surface area contributed by atoms with E-state index >= 15 is 0 Å². The number of pyridine rings is 1. The van der Waals surface area contributed by atoms with E-state index in [4.69, 9.17) is 4.74 Å². The molecule has 0 aliphatic rings. The number of esters is 1. The first-order valence-electron chi connectivity index (χ1n) is 5.96. The van der Waals surface area contributed by atoms with E-state index in [0.29, 0.717) is 0 Å². The van der Waals surface area contributed by atoms with E-state index in [1.165, 1.54) is 6.92 Å². The lowest BCUT2D eigenvalue weighted by Gasteiger charge is -2.07. The number of hydrogen-bond donors (Lipinski definition) is 0. The smallest absolute Gasteiger partial charge is 0.326 e. The molecular formula is C12H16N2O5. The maximum atomic E-state index is 11.6. The van der Waals surface area contributed by atoms with Crippen LogP contribution in [0.15, 0.2) is 17.1 Å². The van der Waals surface area contributed by atoms with Crippen LogP contribution in [-0.4, -0.2) is 22.1 Å². The molecule has 0 unspecified atom stereocenters. The summed E-state index contributed by atoms with van der Waals surface area (Å²) in [6, 6.07) is 1.14. The minimum Gasteiger partial charge on any atom is -0.464 e. The molecule has 0 atom stereocenters. The Morgan fingerprint density at radius 3 is 2.79 bits per heavy atom. The summed E-state index contributed by atoms with van der Waals surface area (Å²) >= 11 is 0. The molecule has 0 aliphatic carbocycles. The van der Waals surface area contributed by atoms with Crippen molar-refractivity contribution in [1.82, 2.24) is 4.57 Å². The molecule has 1 heterocycles. The summed E-state index contributed by atoms with van der Waals surface area (Å²) in [6.07, 6.45) is 2.71. The molecule has 1 rings (SSSR count). The van der Waals surface area contributed by atoms with Gasteiger partial charge in [0.1, 0.15) is 6.54 Å². The van der Waals surface area contributed by atoms with E-state index in [0.717, 1.165) is 29.7 Å². The van der Waals surface area contributed by atoms with Crippen molar-refractivity contribution in [2.24, 2.45) is 0 Å². The molecule has 104 valence electrons. The van der Waals surface area contributed by atoms with E-state index in [2.05, 4.69) is 0 Å². The molecule has 0 spiro atoms. The Labute approximate surface area is 110 Å². The zero-order valence-electron chi connectivity index (χ0n) is 10.9. The zero-order valence-corrected chi connectivity index (χ0v) is 10.9. The lowest BCUT2D eigenvalue weighted by Crippen LogP contribution is -2.25. The van der Waals surface area contributed by atoms with Crippen molar-refractivity contribution in [1.29, 1.82) is 0 Å². The van der Waals surface area contributed by atoms with E-state index in [1.54, 1.807) is 0 Å². The summed E-state index contributed by atoms with van der Waals surface area (Å²) in [5.74, 6) is -0.575. The van der Waals surface area contributed by atoms with Crippen LogP contribution in [0.1, 0.15) is 25.3 Å². The molecule has 7 heteroatoms. The quantitative estimate of drug-likeness (QED) is 0.336. The molecular weight excluding hydrogens is 252 g/mol. The van der Waals surface area contributed by atoms with Crippen LogP contribution in [0.4, 0.5) is 5.69 Å². The summed E-state index contributed by atoms with van der Waals surface area (Å²) < 4.78 is 5.89. The summed E-state index contributed by atoms with van der Waals surface area (Å²) in [6.45, 7) is 3.41. The largest absolute Gasteiger partial charge is 0.464 e. The van der Waals surface area contributed by atoms with Gasteiger partial charge in [-0.15, -0.1) is 0 Å². The van der Waals surface area contributed by atoms with Crippen molar-refractivity contribution in [3.05, 3.63) is 38.3 Å². The number of rotatable bonds is 6. The van der Waals surface area contributed by atoms with Gasteiger partial charge in [-0.2, -0.15) is 0 Å². The average molecular weight is 268 g/mol. The number of ether oxygens (including phenoxy) is 1. The Morgan fingerprint density at radius 1 is 1.53 bits per heavy atom. The van der Waals surface area contributed by atoms with Crippen molar-refractivity contribution in [2.75, 3.05) is 6.61 Å². The van der Waals surface area contributed by atoms with Gasteiger partial charge in [0, 0.05) is 11.6 Å². The lowest BCUT2D eigenvalue weighted by molar-refractivity contribution is -0.385. The van der Waals surface area contributed by atoms with Crippen molar-refractivity contribution in [3.8, 4) is 0 Å². The van der Waals surface area contributed by atoms with Crippen LogP contribution in [0.25, 0.3) is 0 Å². The Bertz CT molecular complexity index is 535. The molecule has 0 bridgehead atoms. The number of hydrogen-bond acceptors (Lipinski definition) is 5. The molecule has 0 N–H and O–H groups in total. The first kappa shape index (κ1) is 14.9. The fourth-order valence-corrected chi connectivity index (χ4v) is 1.48. The standard InChI is InChI=1S/C12H16N2O5/c1-3-4-5-19-12(16)8-13-7-10(14(17)18)9(2)6-11(13)15/h6-7H,3-5,8H2,1-2H3. The van der Waals surface area contributed by atoms with Crippen LogP contribution in [0.3, 0.4) is 0 Å². The fourth-order valence-electron chi connectivity index (χ4n) is 1.48. The van der Waals surface area contributed by atoms with Gasteiger partial charge in [0.2, 0.25) is 0 Å². The second-order valence-corrected chi connectivity index (χ2v) is 4.14. The van der Waals surface area contributed by atoms with Crippen LogP contribution in [0.5, 0.6) is 0 Å². The van der Waals surface area contributed by atoms with E-state index in [9.17, 15) is 19.7 Å². The molecule has 19 heavy (non-hydrogen) atoms. The number of carbonyl (C=O) groups is 1. The van der Waals surface area contributed by atoms with Crippen molar-refractivity contribution in [3.63, 3.8) is 0 Å². The van der Waals surface area contributed by atoms with Crippen LogP contribution < -0.4 is 5.56 Å². The summed E-state index contributed by atoms with van der Waals surface area (Å²) in [4.78, 5) is 33.2. The fraction of sp³-hybridized carbons (Fsp3) is 0.500. The number of carbonyl (C=O) groups excluding carboxylic acids is 1. The molecule has 0 aromatic carbocycles. The van der Waals surface area contributed by atoms with Gasteiger partial charge in [0.25, 0.3) is 11.2 Å². The van der Waals surface area contributed by atoms with Gasteiger partial charge < -0.3 is 4.74 Å². The average Bonchev–Trinajstić information content (AvgIpc) is 2.32. The highest BCUT2D eigenvalue weighted by Crippen LogP contribution is 2.13. The highest BCUT2D eigenvalue weighted by Gasteiger charge is 2.15. The lowest BCUT2D eigenvalue weighted by atomic mass is 10.2. The molecule has 1 aromatic rings. The van der Waals surface area contributed by atoms with Crippen LogP contribution >= 0.6 is 0 Å². The third kappa shape index (κ3) is 4.20. The molecule has 0 radical (unpaired) electrons. The molecule has 0 aliphatic heterocycles. The Morgan fingerprint density at radius 2 is 2.21 bits per heavy atom. The Kier molecular flexibility index (Phi) is 5.23. The second-order valence-electron chi connectivity index (χ2n) is 4.14. The topological polar surface area (TPSA) is 91.4 Å². The summed E-state index contributed by atoms with van der Waals surface area (Å²) in [5, 5.41) is 10.8. The molecule has 0 fully saturated rings. The minimum absolute atomic E-state index is 0.194. The molecule has 1 aromatic heterocycles. The second kappa shape index (κ2) is 6.67. The third-order valence-corrected chi connectivity index (χ3v) is 2.56. The monoisotopic (exact) mass is 268 g/mol. The van der Waals surface area contributed by atoms with Gasteiger partial charge in [0.05, 0.1) is 17.7 Å². The molecule has 0 saturated carbocycles. The highest BCUT2D eigenvalue weighted by molar-refractivity contribution is 5.69. The number of aromatic nitrogens is 1. The molecule has 0 amide bonds. The first-order valence-corrected chi connectivity index (χ1v) is 5.96. The Balaban J connectivity index is 2.83. The Hall–Kier alpha value is -2.18. The molecule has 7 nitrogen and oxygen atoms in total. The number of nitrogens with zero attached hydrogens (tertiary/aromatic N) is 2. The van der Waals surface area contributed by atoms with E-state index in [-0.39, 0.29) is 24.4 Å². The normalized spacial score (nSPS) is 10.2. The van der Waals surface area contributed by atoms with Gasteiger partial charge in [-0.1, -0.05) is 13.3 Å². The summed E-state index contributed by atoms with van der Waals surface area (Å²) in [7, 11) is 0. The van der Waals surface area contributed by atoms with Crippen molar-refractivity contribution < 1.29 is 14.5 Å². The number of unbranched alkanes of at least 4 members (excludes halogenated alkanes) is 1. The SMILES string of the molecule is CCCCOC(=O)Cn1cc([N+](=O)[O-])c(C)cc1=O. The minimum atomic E-state index is -0.590. The van der Waals surface area contributed by atoms with Gasteiger partial charge in [-0.25, -0.2) is 0 Å². The van der Waals surface area contributed by atoms with Crippen molar-refractivity contribution >= 4 is 11.7 Å². The summed E-state index contributed by atoms with van der Waals surface area (Å²) in [5.41, 5.74) is -0.387. The van der Waals surface area contributed by atoms with Crippen LogP contribution in [0.2, 0.25) is 0 Å². The number of aryl methyl sites for hydroxylation is 1. The van der Waals surface area contributed by atoms with Crippen LogP contribution in [0, 0.1) is 17.0 Å². The molecule has 0 saturated heterocycles. The van der Waals surface area contributed by atoms with E-state index < -0.39 is 16.5 Å². The first-order chi connectivity index (χ1) is 8.95. The van der Waals surface area contributed by atoms with Gasteiger partial charge in [-0.05, 0) is 13.3 Å². The zero-order chi connectivity index (χ0) is 14.4. The third-order valence-electron chi connectivity index (χ3n) is 2.56. The van der Waals surface area contributed by atoms with Gasteiger partial charge >= 0.3 is 5.97 Å². The maximum Gasteiger partial charge on any atom is 0.326 e. The van der Waals surface area contributed by atoms with Gasteiger partial charge in [-0.3, -0.25) is 24.3 Å². The van der Waals surface area contributed by atoms with Gasteiger partial charge in [0.15, 0.2) is 0 Å². The predicted molar refractivity (Wildman–Crippen MR) is 68.0 cm³/mol. The highest BCUT2D eigenvalue weighted by atomic mass is 16.6. The predicted octanol–water partition coefficient (Wildman–Crippen LogP) is 1.41. The maximum absolute atomic E-state index is 11.6.